The van der Waals surface area contributed by atoms with Gasteiger partial charge in [-0.3, -0.25) is 0 Å². The van der Waals surface area contributed by atoms with Crippen molar-refractivity contribution in [2.75, 3.05) is 0 Å². The molecule has 4 heteroatoms. The fourth-order valence-corrected chi connectivity index (χ4v) is 4.76. The predicted molar refractivity (Wildman–Crippen MR) is 78.5 cm³/mol. The van der Waals surface area contributed by atoms with Crippen molar-refractivity contribution in [1.29, 1.82) is 0 Å². The number of nitrogens with zero attached hydrogens (tertiary/aromatic N) is 3. The number of aryl methyl sites for hydroxylation is 1. The fourth-order valence-electron chi connectivity index (χ4n) is 4.76. The summed E-state index contributed by atoms with van der Waals surface area (Å²) in [6, 6.07) is 1.84. The number of aromatic nitrogens is 3. The summed E-state index contributed by atoms with van der Waals surface area (Å²) in [5, 5.41) is 12.8. The summed E-state index contributed by atoms with van der Waals surface area (Å²) >= 11 is 0. The van der Waals surface area contributed by atoms with Crippen LogP contribution in [-0.2, 0) is 0 Å². The molecule has 1 aliphatic heterocycles. The molecule has 1 saturated heterocycles. The molecule has 3 aliphatic rings. The molecule has 110 valence electrons. The number of hydrogen-bond donors (Lipinski definition) is 1. The van der Waals surface area contributed by atoms with Crippen LogP contribution >= 0.6 is 0 Å². The molecule has 0 spiro atoms. The lowest BCUT2D eigenvalue weighted by Crippen LogP contribution is -2.31. The van der Waals surface area contributed by atoms with Gasteiger partial charge in [-0.25, -0.2) is 0 Å². The standard InChI is InChI=1S/C16H26N4/c1-11-18-19-16(20(11)13-7-3-4-8-13)15-10-12-6-2-5-9-14(12)17-15/h12-15,17H,2-10H2,1H3. The van der Waals surface area contributed by atoms with Crippen LogP contribution in [0.2, 0.25) is 0 Å². The monoisotopic (exact) mass is 274 g/mol. The van der Waals surface area contributed by atoms with Gasteiger partial charge in [0.2, 0.25) is 0 Å². The van der Waals surface area contributed by atoms with Crippen LogP contribution in [0.25, 0.3) is 0 Å². The topological polar surface area (TPSA) is 42.7 Å². The quantitative estimate of drug-likeness (QED) is 0.900. The van der Waals surface area contributed by atoms with Crippen LogP contribution in [0.3, 0.4) is 0 Å². The Labute approximate surface area is 121 Å². The third-order valence-corrected chi connectivity index (χ3v) is 5.76. The molecule has 1 N–H and O–H groups in total. The molecule has 3 unspecified atom stereocenters. The second kappa shape index (κ2) is 5.14. The number of hydrogen-bond acceptors (Lipinski definition) is 3. The molecule has 2 aliphatic carbocycles. The maximum absolute atomic E-state index is 4.55. The average Bonchev–Trinajstić information content (AvgIpc) is 3.16. The summed E-state index contributed by atoms with van der Waals surface area (Å²) < 4.78 is 2.46. The lowest BCUT2D eigenvalue weighted by atomic mass is 9.85. The summed E-state index contributed by atoms with van der Waals surface area (Å²) in [4.78, 5) is 0. The highest BCUT2D eigenvalue weighted by Gasteiger charge is 2.38. The van der Waals surface area contributed by atoms with Crippen LogP contribution in [0, 0.1) is 12.8 Å². The van der Waals surface area contributed by atoms with Crippen molar-refractivity contribution in [3.63, 3.8) is 0 Å². The molecule has 0 bridgehead atoms. The van der Waals surface area contributed by atoms with E-state index in [4.69, 9.17) is 0 Å². The Kier molecular flexibility index (Phi) is 3.29. The van der Waals surface area contributed by atoms with Gasteiger partial charge in [0.05, 0.1) is 6.04 Å². The summed E-state index contributed by atoms with van der Waals surface area (Å²) in [5.74, 6) is 3.22. The lowest BCUT2D eigenvalue weighted by molar-refractivity contribution is 0.325. The normalized spacial score (nSPS) is 34.5. The molecule has 0 aromatic carbocycles. The van der Waals surface area contributed by atoms with Crippen molar-refractivity contribution < 1.29 is 0 Å². The molecule has 2 heterocycles. The van der Waals surface area contributed by atoms with Crippen molar-refractivity contribution >= 4 is 0 Å². The number of nitrogens with one attached hydrogen (secondary N) is 1. The van der Waals surface area contributed by atoms with Gasteiger partial charge in [0.15, 0.2) is 0 Å². The third-order valence-electron chi connectivity index (χ3n) is 5.76. The first kappa shape index (κ1) is 12.8. The molecule has 20 heavy (non-hydrogen) atoms. The Hall–Kier alpha value is -0.900. The maximum atomic E-state index is 4.55. The summed E-state index contributed by atoms with van der Waals surface area (Å²) in [5.41, 5.74) is 0. The van der Waals surface area contributed by atoms with E-state index in [1.807, 2.05) is 0 Å². The van der Waals surface area contributed by atoms with Gasteiger partial charge in [-0.1, -0.05) is 25.7 Å². The minimum absolute atomic E-state index is 0.449. The van der Waals surface area contributed by atoms with Crippen LogP contribution in [0.1, 0.15) is 81.5 Å². The fraction of sp³-hybridized carbons (Fsp3) is 0.875. The van der Waals surface area contributed by atoms with E-state index < -0.39 is 0 Å². The summed E-state index contributed by atoms with van der Waals surface area (Å²) in [6.45, 7) is 2.12. The Balaban J connectivity index is 1.59. The van der Waals surface area contributed by atoms with E-state index >= 15 is 0 Å². The van der Waals surface area contributed by atoms with Gasteiger partial charge in [0.25, 0.3) is 0 Å². The van der Waals surface area contributed by atoms with Crippen LogP contribution in [-0.4, -0.2) is 20.8 Å². The Bertz CT molecular complexity index is 461. The smallest absolute Gasteiger partial charge is 0.150 e. The van der Waals surface area contributed by atoms with E-state index in [1.165, 1.54) is 63.6 Å². The van der Waals surface area contributed by atoms with Crippen LogP contribution in [0.5, 0.6) is 0 Å². The molecule has 1 aromatic heterocycles. The molecule has 3 fully saturated rings. The van der Waals surface area contributed by atoms with E-state index in [9.17, 15) is 0 Å². The largest absolute Gasteiger partial charge is 0.311 e. The minimum atomic E-state index is 0.449. The van der Waals surface area contributed by atoms with E-state index in [0.717, 1.165) is 17.8 Å². The molecule has 4 nitrogen and oxygen atoms in total. The Morgan fingerprint density at radius 2 is 1.75 bits per heavy atom. The first-order chi connectivity index (χ1) is 9.83. The highest BCUT2D eigenvalue weighted by Crippen LogP contribution is 2.40. The molecular weight excluding hydrogens is 248 g/mol. The second-order valence-corrected chi connectivity index (χ2v) is 7.02. The highest BCUT2D eigenvalue weighted by molar-refractivity contribution is 5.08. The Morgan fingerprint density at radius 1 is 1.00 bits per heavy atom. The van der Waals surface area contributed by atoms with Crippen LogP contribution in [0.4, 0.5) is 0 Å². The zero-order valence-electron chi connectivity index (χ0n) is 12.5. The summed E-state index contributed by atoms with van der Waals surface area (Å²) in [6.07, 6.45) is 12.2. The van der Waals surface area contributed by atoms with E-state index in [-0.39, 0.29) is 0 Å². The maximum Gasteiger partial charge on any atom is 0.150 e. The van der Waals surface area contributed by atoms with Gasteiger partial charge >= 0.3 is 0 Å². The molecular formula is C16H26N4. The molecule has 4 rings (SSSR count). The van der Waals surface area contributed by atoms with E-state index in [2.05, 4.69) is 27.0 Å². The van der Waals surface area contributed by atoms with E-state index in [1.54, 1.807) is 0 Å². The lowest BCUT2D eigenvalue weighted by Gasteiger charge is -2.24. The van der Waals surface area contributed by atoms with Gasteiger partial charge in [0, 0.05) is 12.1 Å². The van der Waals surface area contributed by atoms with E-state index in [0.29, 0.717) is 12.1 Å². The predicted octanol–water partition coefficient (Wildman–Crippen LogP) is 3.29. The van der Waals surface area contributed by atoms with Crippen molar-refractivity contribution in [2.45, 2.75) is 82.8 Å². The first-order valence-electron chi connectivity index (χ1n) is 8.50. The first-order valence-corrected chi connectivity index (χ1v) is 8.50. The molecule has 1 aromatic rings. The van der Waals surface area contributed by atoms with Gasteiger partial charge < -0.3 is 9.88 Å². The third kappa shape index (κ3) is 2.09. The number of rotatable bonds is 2. The molecule has 3 atom stereocenters. The average molecular weight is 274 g/mol. The zero-order valence-corrected chi connectivity index (χ0v) is 12.5. The minimum Gasteiger partial charge on any atom is -0.311 e. The molecule has 0 amide bonds. The van der Waals surface area contributed by atoms with Gasteiger partial charge in [-0.2, -0.15) is 0 Å². The van der Waals surface area contributed by atoms with Gasteiger partial charge in [-0.15, -0.1) is 10.2 Å². The van der Waals surface area contributed by atoms with Crippen molar-refractivity contribution in [1.82, 2.24) is 20.1 Å². The van der Waals surface area contributed by atoms with Crippen LogP contribution < -0.4 is 5.32 Å². The highest BCUT2D eigenvalue weighted by atomic mass is 15.3. The van der Waals surface area contributed by atoms with Gasteiger partial charge in [0.1, 0.15) is 11.6 Å². The van der Waals surface area contributed by atoms with Crippen LogP contribution in [0.15, 0.2) is 0 Å². The van der Waals surface area contributed by atoms with Crippen molar-refractivity contribution in [3.8, 4) is 0 Å². The zero-order chi connectivity index (χ0) is 13.5. The Morgan fingerprint density at radius 3 is 2.55 bits per heavy atom. The second-order valence-electron chi connectivity index (χ2n) is 7.02. The van der Waals surface area contributed by atoms with Crippen molar-refractivity contribution in [3.05, 3.63) is 11.6 Å². The number of fused-ring (bicyclic) bond motifs is 1. The van der Waals surface area contributed by atoms with Gasteiger partial charge in [-0.05, 0) is 44.9 Å². The van der Waals surface area contributed by atoms with Crippen molar-refractivity contribution in [2.24, 2.45) is 5.92 Å². The summed E-state index contributed by atoms with van der Waals surface area (Å²) in [7, 11) is 0. The molecule has 0 radical (unpaired) electrons. The molecule has 2 saturated carbocycles. The SMILES string of the molecule is Cc1nnc(C2CC3CCCCC3N2)n1C1CCCC1.